The van der Waals surface area contributed by atoms with Gasteiger partial charge in [-0.25, -0.2) is 0 Å². The quantitative estimate of drug-likeness (QED) is 0.515. The Labute approximate surface area is 183 Å². The van der Waals surface area contributed by atoms with Crippen LogP contribution in [0.4, 0.5) is 5.69 Å². The van der Waals surface area contributed by atoms with Gasteiger partial charge in [-0.05, 0) is 71.3 Å². The van der Waals surface area contributed by atoms with Crippen molar-refractivity contribution >= 4 is 22.4 Å². The summed E-state index contributed by atoms with van der Waals surface area (Å²) in [6.07, 6.45) is 4.84. The van der Waals surface area contributed by atoms with Crippen LogP contribution in [0.5, 0.6) is 0 Å². The fourth-order valence-electron chi connectivity index (χ4n) is 5.07. The van der Waals surface area contributed by atoms with Gasteiger partial charge in [-0.3, -0.25) is 4.40 Å². The smallest absolute Gasteiger partial charge is 0.184 e. The predicted molar refractivity (Wildman–Crippen MR) is 127 cm³/mol. The first-order valence-electron chi connectivity index (χ1n) is 11.3. The lowest BCUT2D eigenvalue weighted by atomic mass is 9.90. The summed E-state index contributed by atoms with van der Waals surface area (Å²) < 4.78 is 4.61. The minimum atomic E-state index is 0.480. The van der Waals surface area contributed by atoms with E-state index in [1.54, 1.807) is 0 Å². The summed E-state index contributed by atoms with van der Waals surface area (Å²) in [5.74, 6) is 0.928. The van der Waals surface area contributed by atoms with Gasteiger partial charge in [-0.2, -0.15) is 0 Å². The Bertz CT molecular complexity index is 1200. The maximum atomic E-state index is 4.53. The number of pyridine rings is 1. The van der Waals surface area contributed by atoms with E-state index >= 15 is 0 Å². The second-order valence-electron chi connectivity index (χ2n) is 9.21. The summed E-state index contributed by atoms with van der Waals surface area (Å²) in [6, 6.07) is 16.4. The van der Waals surface area contributed by atoms with Gasteiger partial charge in [0.05, 0.1) is 16.7 Å². The van der Waals surface area contributed by atoms with Crippen molar-refractivity contribution in [2.24, 2.45) is 0 Å². The molecule has 5 rings (SSSR count). The fourth-order valence-corrected chi connectivity index (χ4v) is 5.07. The normalized spacial score (nSPS) is 19.5. The highest BCUT2D eigenvalue weighted by molar-refractivity contribution is 5.88. The first kappa shape index (κ1) is 20.1. The number of benzene rings is 1. The molecule has 0 bridgehead atoms. The molecule has 3 aromatic heterocycles. The van der Waals surface area contributed by atoms with Gasteiger partial charge in [-0.1, -0.05) is 30.3 Å². The van der Waals surface area contributed by atoms with E-state index in [1.807, 2.05) is 6.92 Å². The molecular weight excluding hydrogens is 384 g/mol. The topological polar surface area (TPSA) is 50.4 Å². The van der Waals surface area contributed by atoms with Gasteiger partial charge in [0.25, 0.3) is 0 Å². The molecule has 0 saturated heterocycles. The van der Waals surface area contributed by atoms with Crippen LogP contribution < -0.4 is 5.32 Å². The van der Waals surface area contributed by atoms with Gasteiger partial charge >= 0.3 is 0 Å². The van der Waals surface area contributed by atoms with Crippen LogP contribution in [0.15, 0.2) is 42.5 Å². The van der Waals surface area contributed by atoms with Crippen LogP contribution in [0.1, 0.15) is 42.8 Å². The maximum Gasteiger partial charge on any atom is 0.184 e. The van der Waals surface area contributed by atoms with Crippen molar-refractivity contribution < 1.29 is 0 Å². The molecule has 0 radical (unpaired) electrons. The third-order valence-corrected chi connectivity index (χ3v) is 6.88. The molecule has 162 valence electrons. The molecule has 6 nitrogen and oxygen atoms in total. The Morgan fingerprint density at radius 3 is 2.42 bits per heavy atom. The standard InChI is InChI=1S/C25H32N6/c1-17-14-24-23(30(17)16-19-8-6-5-7-9-19)15-22(25-28-27-18(2)31(24)25)26-20-10-12-21(13-11-20)29(3)4/h5-9,14-15,20-21,26H,10-13,16H2,1-4H3. The van der Waals surface area contributed by atoms with E-state index in [0.717, 1.165) is 23.7 Å². The largest absolute Gasteiger partial charge is 0.379 e. The number of hydrogen-bond acceptors (Lipinski definition) is 4. The van der Waals surface area contributed by atoms with Crippen molar-refractivity contribution in [3.63, 3.8) is 0 Å². The molecule has 31 heavy (non-hydrogen) atoms. The molecule has 1 N–H and O–H groups in total. The van der Waals surface area contributed by atoms with Crippen molar-refractivity contribution in [1.29, 1.82) is 0 Å². The van der Waals surface area contributed by atoms with E-state index in [9.17, 15) is 0 Å². The number of rotatable bonds is 5. The van der Waals surface area contributed by atoms with Gasteiger partial charge in [0.2, 0.25) is 0 Å². The molecule has 1 aliphatic rings. The molecule has 1 aromatic carbocycles. The van der Waals surface area contributed by atoms with Gasteiger partial charge in [0.15, 0.2) is 5.65 Å². The van der Waals surface area contributed by atoms with E-state index in [0.29, 0.717) is 12.1 Å². The SMILES string of the molecule is Cc1cc2c(cc(NC3CCC(N(C)C)CC3)c3nnc(C)n32)n1Cc1ccccc1. The van der Waals surface area contributed by atoms with Crippen LogP contribution in [0, 0.1) is 13.8 Å². The third-order valence-electron chi connectivity index (χ3n) is 6.88. The molecule has 4 aromatic rings. The van der Waals surface area contributed by atoms with Crippen LogP contribution in [0.25, 0.3) is 16.7 Å². The Hall–Kier alpha value is -2.86. The lowest BCUT2D eigenvalue weighted by molar-refractivity contribution is 0.221. The number of fused-ring (bicyclic) bond motifs is 3. The lowest BCUT2D eigenvalue weighted by Gasteiger charge is -2.33. The highest BCUT2D eigenvalue weighted by Crippen LogP contribution is 2.31. The average Bonchev–Trinajstić information content (AvgIpc) is 3.30. The van der Waals surface area contributed by atoms with Crippen LogP contribution in [-0.2, 0) is 6.54 Å². The zero-order chi connectivity index (χ0) is 21.5. The van der Waals surface area contributed by atoms with E-state index in [1.165, 1.54) is 48.0 Å². The molecule has 3 heterocycles. The average molecular weight is 417 g/mol. The first-order valence-corrected chi connectivity index (χ1v) is 11.3. The number of nitrogens with zero attached hydrogens (tertiary/aromatic N) is 5. The number of anilines is 1. The molecule has 0 amide bonds. The second-order valence-corrected chi connectivity index (χ2v) is 9.21. The summed E-state index contributed by atoms with van der Waals surface area (Å²) in [6.45, 7) is 5.08. The molecule has 6 heteroatoms. The predicted octanol–water partition coefficient (Wildman–Crippen LogP) is 4.63. The summed E-state index contributed by atoms with van der Waals surface area (Å²) in [4.78, 5) is 2.36. The maximum absolute atomic E-state index is 4.53. The molecule has 0 atom stereocenters. The van der Waals surface area contributed by atoms with Crippen LogP contribution >= 0.6 is 0 Å². The van der Waals surface area contributed by atoms with Crippen molar-refractivity contribution in [3.8, 4) is 0 Å². The van der Waals surface area contributed by atoms with Crippen LogP contribution in [0.2, 0.25) is 0 Å². The Morgan fingerprint density at radius 2 is 1.71 bits per heavy atom. The van der Waals surface area contributed by atoms with Crippen molar-refractivity contribution in [3.05, 3.63) is 59.5 Å². The molecule has 0 spiro atoms. The molecule has 1 aliphatic carbocycles. The van der Waals surface area contributed by atoms with Gasteiger partial charge in [0.1, 0.15) is 5.82 Å². The molecule has 1 saturated carbocycles. The Morgan fingerprint density at radius 1 is 0.968 bits per heavy atom. The van der Waals surface area contributed by atoms with E-state index < -0.39 is 0 Å². The van der Waals surface area contributed by atoms with Crippen molar-refractivity contribution in [1.82, 2.24) is 24.1 Å². The third kappa shape index (κ3) is 3.69. The molecule has 0 aliphatic heterocycles. The zero-order valence-corrected chi connectivity index (χ0v) is 19.0. The Balaban J connectivity index is 1.54. The van der Waals surface area contributed by atoms with Gasteiger partial charge < -0.3 is 14.8 Å². The van der Waals surface area contributed by atoms with E-state index in [4.69, 9.17) is 0 Å². The Kier molecular flexibility index (Phi) is 5.18. The van der Waals surface area contributed by atoms with Crippen molar-refractivity contribution in [2.45, 2.75) is 58.2 Å². The molecule has 0 unspecified atom stereocenters. The monoisotopic (exact) mass is 416 g/mol. The number of hydrogen-bond donors (Lipinski definition) is 1. The minimum absolute atomic E-state index is 0.480. The summed E-state index contributed by atoms with van der Waals surface area (Å²) in [5, 5.41) is 12.8. The van der Waals surface area contributed by atoms with E-state index in [-0.39, 0.29) is 0 Å². The first-order chi connectivity index (χ1) is 15.0. The van der Waals surface area contributed by atoms with Crippen LogP contribution in [-0.4, -0.2) is 50.2 Å². The lowest BCUT2D eigenvalue weighted by Crippen LogP contribution is -2.36. The number of aromatic nitrogens is 4. The summed E-state index contributed by atoms with van der Waals surface area (Å²) in [7, 11) is 4.39. The van der Waals surface area contributed by atoms with Crippen LogP contribution in [0.3, 0.4) is 0 Å². The highest BCUT2D eigenvalue weighted by atomic mass is 15.3. The fraction of sp³-hybridized carbons (Fsp3) is 0.440. The summed E-state index contributed by atoms with van der Waals surface area (Å²) >= 11 is 0. The van der Waals surface area contributed by atoms with Crippen molar-refractivity contribution in [2.75, 3.05) is 19.4 Å². The number of aryl methyl sites for hydroxylation is 2. The minimum Gasteiger partial charge on any atom is -0.379 e. The molecular formula is C25H32N6. The molecule has 1 fully saturated rings. The summed E-state index contributed by atoms with van der Waals surface area (Å²) in [5.41, 5.74) is 6.97. The van der Waals surface area contributed by atoms with Gasteiger partial charge in [-0.15, -0.1) is 10.2 Å². The van der Waals surface area contributed by atoms with E-state index in [2.05, 4.69) is 92.9 Å². The highest BCUT2D eigenvalue weighted by Gasteiger charge is 2.24. The second kappa shape index (κ2) is 8.00. The van der Waals surface area contributed by atoms with Gasteiger partial charge in [0, 0.05) is 24.3 Å². The number of nitrogens with one attached hydrogen (secondary N) is 1. The zero-order valence-electron chi connectivity index (χ0n) is 19.0.